The number of methoxy groups -OCH3 is 1. The molecule has 0 aromatic heterocycles. The lowest BCUT2D eigenvalue weighted by atomic mass is 9.82. The molecule has 0 aromatic rings. The molecule has 0 amide bonds. The quantitative estimate of drug-likeness (QED) is 0.782. The van der Waals surface area contributed by atoms with Crippen LogP contribution in [0.1, 0.15) is 46.0 Å². The molecule has 1 saturated carbocycles. The minimum Gasteiger partial charge on any atom is -0.379 e. The van der Waals surface area contributed by atoms with E-state index in [1.165, 1.54) is 12.8 Å². The van der Waals surface area contributed by atoms with Gasteiger partial charge in [-0.15, -0.1) is 0 Å². The van der Waals surface area contributed by atoms with Gasteiger partial charge in [-0.05, 0) is 51.9 Å². The standard InChI is InChI=1S/C13H25NO2/c1-12(2,15-3)6-7-13(14)8-9-16-11(13)10-4-5-10/h10-11H,4-9,14H2,1-3H3. The first-order valence-corrected chi connectivity index (χ1v) is 6.42. The Hall–Kier alpha value is -0.120. The van der Waals surface area contributed by atoms with Crippen LogP contribution in [0.2, 0.25) is 0 Å². The molecule has 3 nitrogen and oxygen atoms in total. The zero-order valence-corrected chi connectivity index (χ0v) is 10.8. The zero-order chi connectivity index (χ0) is 11.8. The molecule has 3 heteroatoms. The first kappa shape index (κ1) is 12.3. The Labute approximate surface area is 98.7 Å². The maximum atomic E-state index is 6.53. The van der Waals surface area contributed by atoms with E-state index in [4.69, 9.17) is 15.2 Å². The Morgan fingerprint density at radius 1 is 1.44 bits per heavy atom. The van der Waals surface area contributed by atoms with E-state index in [2.05, 4.69) is 13.8 Å². The van der Waals surface area contributed by atoms with Crippen molar-refractivity contribution in [2.75, 3.05) is 13.7 Å². The second-order valence-electron chi connectivity index (χ2n) is 6.08. The van der Waals surface area contributed by atoms with Crippen molar-refractivity contribution >= 4 is 0 Å². The van der Waals surface area contributed by atoms with Crippen molar-refractivity contribution in [1.82, 2.24) is 0 Å². The summed E-state index contributed by atoms with van der Waals surface area (Å²) in [7, 11) is 1.77. The lowest BCUT2D eigenvalue weighted by molar-refractivity contribution is 0.000586. The van der Waals surface area contributed by atoms with Gasteiger partial charge in [0.15, 0.2) is 0 Å². The summed E-state index contributed by atoms with van der Waals surface area (Å²) in [5.41, 5.74) is 6.36. The number of hydrogen-bond donors (Lipinski definition) is 1. The monoisotopic (exact) mass is 227 g/mol. The van der Waals surface area contributed by atoms with Crippen molar-refractivity contribution in [2.24, 2.45) is 11.7 Å². The normalized spacial score (nSPS) is 35.6. The van der Waals surface area contributed by atoms with Gasteiger partial charge in [0.2, 0.25) is 0 Å². The van der Waals surface area contributed by atoms with Gasteiger partial charge < -0.3 is 15.2 Å². The molecule has 0 radical (unpaired) electrons. The largest absolute Gasteiger partial charge is 0.379 e. The summed E-state index contributed by atoms with van der Waals surface area (Å²) < 4.78 is 11.3. The van der Waals surface area contributed by atoms with Crippen LogP contribution < -0.4 is 5.73 Å². The van der Waals surface area contributed by atoms with E-state index in [1.54, 1.807) is 7.11 Å². The van der Waals surface area contributed by atoms with Gasteiger partial charge in [0.25, 0.3) is 0 Å². The van der Waals surface area contributed by atoms with E-state index in [0.29, 0.717) is 6.10 Å². The van der Waals surface area contributed by atoms with Gasteiger partial charge in [0.1, 0.15) is 0 Å². The van der Waals surface area contributed by atoms with Crippen LogP contribution in [0.15, 0.2) is 0 Å². The Bertz CT molecular complexity index is 250. The Balaban J connectivity index is 1.91. The molecule has 94 valence electrons. The first-order chi connectivity index (χ1) is 7.47. The molecule has 1 saturated heterocycles. The Morgan fingerprint density at radius 3 is 2.69 bits per heavy atom. The molecule has 1 aliphatic carbocycles. The SMILES string of the molecule is COC(C)(C)CCC1(N)CCOC1C1CC1. The highest BCUT2D eigenvalue weighted by atomic mass is 16.5. The predicted octanol–water partition coefficient (Wildman–Crippen LogP) is 2.09. The summed E-state index contributed by atoms with van der Waals surface area (Å²) in [4.78, 5) is 0. The first-order valence-electron chi connectivity index (χ1n) is 6.42. The van der Waals surface area contributed by atoms with Crippen LogP contribution in [0.5, 0.6) is 0 Å². The topological polar surface area (TPSA) is 44.5 Å². The minimum absolute atomic E-state index is 0.0664. The summed E-state index contributed by atoms with van der Waals surface area (Å²) in [6.07, 6.45) is 5.93. The van der Waals surface area contributed by atoms with Gasteiger partial charge in [-0.25, -0.2) is 0 Å². The second kappa shape index (κ2) is 4.28. The van der Waals surface area contributed by atoms with Crippen LogP contribution in [0, 0.1) is 5.92 Å². The van der Waals surface area contributed by atoms with Crippen LogP contribution in [0.4, 0.5) is 0 Å². The van der Waals surface area contributed by atoms with Crippen molar-refractivity contribution in [3.05, 3.63) is 0 Å². The third-order valence-corrected chi connectivity index (χ3v) is 4.23. The van der Waals surface area contributed by atoms with E-state index in [0.717, 1.165) is 31.8 Å². The third kappa shape index (κ3) is 2.58. The molecule has 2 atom stereocenters. The molecule has 2 unspecified atom stereocenters. The van der Waals surface area contributed by atoms with Crippen molar-refractivity contribution < 1.29 is 9.47 Å². The minimum atomic E-state index is -0.100. The van der Waals surface area contributed by atoms with E-state index >= 15 is 0 Å². The molecule has 1 aliphatic heterocycles. The van der Waals surface area contributed by atoms with Gasteiger partial charge >= 0.3 is 0 Å². The molecule has 2 N–H and O–H groups in total. The lowest BCUT2D eigenvalue weighted by Gasteiger charge is -2.33. The highest BCUT2D eigenvalue weighted by Gasteiger charge is 2.48. The molecular formula is C13H25NO2. The second-order valence-corrected chi connectivity index (χ2v) is 6.08. The molecule has 1 heterocycles. The van der Waals surface area contributed by atoms with Crippen LogP contribution >= 0.6 is 0 Å². The fraction of sp³-hybridized carbons (Fsp3) is 1.00. The number of ether oxygens (including phenoxy) is 2. The summed E-state index contributed by atoms with van der Waals surface area (Å²) in [5.74, 6) is 0.734. The van der Waals surface area contributed by atoms with Gasteiger partial charge in [0, 0.05) is 19.3 Å². The summed E-state index contributed by atoms with van der Waals surface area (Å²) in [6, 6.07) is 0. The summed E-state index contributed by atoms with van der Waals surface area (Å²) in [5, 5.41) is 0. The van der Waals surface area contributed by atoms with E-state index in [9.17, 15) is 0 Å². The highest BCUT2D eigenvalue weighted by molar-refractivity contribution is 5.03. The van der Waals surface area contributed by atoms with Crippen LogP contribution in [-0.2, 0) is 9.47 Å². The molecule has 16 heavy (non-hydrogen) atoms. The molecular weight excluding hydrogens is 202 g/mol. The fourth-order valence-electron chi connectivity index (χ4n) is 2.59. The van der Waals surface area contributed by atoms with Crippen molar-refractivity contribution in [3.8, 4) is 0 Å². The van der Waals surface area contributed by atoms with Crippen molar-refractivity contribution in [3.63, 3.8) is 0 Å². The highest BCUT2D eigenvalue weighted by Crippen LogP contribution is 2.44. The Morgan fingerprint density at radius 2 is 2.12 bits per heavy atom. The fourth-order valence-corrected chi connectivity index (χ4v) is 2.59. The Kier molecular flexibility index (Phi) is 3.30. The van der Waals surface area contributed by atoms with Crippen LogP contribution in [0.3, 0.4) is 0 Å². The maximum Gasteiger partial charge on any atom is 0.0783 e. The zero-order valence-electron chi connectivity index (χ0n) is 10.8. The van der Waals surface area contributed by atoms with Gasteiger partial charge in [0.05, 0.1) is 11.7 Å². The number of rotatable bonds is 5. The van der Waals surface area contributed by atoms with Gasteiger partial charge in [-0.2, -0.15) is 0 Å². The van der Waals surface area contributed by atoms with E-state index < -0.39 is 0 Å². The van der Waals surface area contributed by atoms with Crippen LogP contribution in [0.25, 0.3) is 0 Å². The van der Waals surface area contributed by atoms with Gasteiger partial charge in [-0.1, -0.05) is 0 Å². The predicted molar refractivity (Wildman–Crippen MR) is 64.3 cm³/mol. The van der Waals surface area contributed by atoms with Crippen molar-refractivity contribution in [1.29, 1.82) is 0 Å². The van der Waals surface area contributed by atoms with Crippen molar-refractivity contribution in [2.45, 2.75) is 63.2 Å². The molecule has 0 bridgehead atoms. The molecule has 0 spiro atoms. The number of nitrogens with two attached hydrogens (primary N) is 1. The average Bonchev–Trinajstić information content (AvgIpc) is 3.01. The summed E-state index contributed by atoms with van der Waals surface area (Å²) >= 11 is 0. The molecule has 2 rings (SSSR count). The lowest BCUT2D eigenvalue weighted by Crippen LogP contribution is -2.49. The maximum absolute atomic E-state index is 6.53. The number of hydrogen-bond acceptors (Lipinski definition) is 3. The average molecular weight is 227 g/mol. The molecule has 2 aliphatic rings. The van der Waals surface area contributed by atoms with E-state index in [-0.39, 0.29) is 11.1 Å². The van der Waals surface area contributed by atoms with Crippen LogP contribution in [-0.4, -0.2) is 31.0 Å². The molecule has 0 aromatic carbocycles. The molecule has 2 fully saturated rings. The smallest absolute Gasteiger partial charge is 0.0783 e. The third-order valence-electron chi connectivity index (χ3n) is 4.23. The van der Waals surface area contributed by atoms with Gasteiger partial charge in [-0.3, -0.25) is 0 Å². The summed E-state index contributed by atoms with van der Waals surface area (Å²) in [6.45, 7) is 5.08. The van der Waals surface area contributed by atoms with E-state index in [1.807, 2.05) is 0 Å².